The van der Waals surface area contributed by atoms with E-state index in [0.717, 1.165) is 0 Å². The molecule has 0 bridgehead atoms. The maximum atomic E-state index is 13.4. The summed E-state index contributed by atoms with van der Waals surface area (Å²) in [5.41, 5.74) is -1.20. The highest BCUT2D eigenvalue weighted by Crippen LogP contribution is 2.37. The van der Waals surface area contributed by atoms with Gasteiger partial charge in [-0.05, 0) is 0 Å². The lowest BCUT2D eigenvalue weighted by Crippen LogP contribution is -2.60. The van der Waals surface area contributed by atoms with Crippen molar-refractivity contribution in [1.82, 2.24) is 0 Å². The SMILES string of the molecule is OCC1O[C@@H](S[C@H]2C(CO)O[C@@H](F)C(O)[C@H]2O)C(O)[C@@H](O)[C@H]1O. The molecule has 10 atom stereocenters. The van der Waals surface area contributed by atoms with Gasteiger partial charge in [0.05, 0.1) is 30.7 Å². The molecule has 0 aromatic heterocycles. The molecular formula is C12H21FO9S. The van der Waals surface area contributed by atoms with E-state index in [1.165, 1.54) is 0 Å². The Morgan fingerprint density at radius 1 is 0.739 bits per heavy atom. The number of hydrogen-bond acceptors (Lipinski definition) is 10. The fourth-order valence-electron chi connectivity index (χ4n) is 2.54. The molecule has 11 heteroatoms. The average Bonchev–Trinajstić information content (AvgIpc) is 2.55. The van der Waals surface area contributed by atoms with Crippen LogP contribution in [0.1, 0.15) is 0 Å². The van der Waals surface area contributed by atoms with Gasteiger partial charge in [-0.2, -0.15) is 0 Å². The lowest BCUT2D eigenvalue weighted by Gasteiger charge is -2.44. The average molecular weight is 360 g/mol. The van der Waals surface area contributed by atoms with Crippen LogP contribution >= 0.6 is 11.8 Å². The predicted molar refractivity (Wildman–Crippen MR) is 74.0 cm³/mol. The van der Waals surface area contributed by atoms with Gasteiger partial charge in [-0.15, -0.1) is 11.8 Å². The molecule has 2 fully saturated rings. The minimum atomic E-state index is -2.17. The molecule has 2 heterocycles. The number of rotatable bonds is 4. The third-order valence-electron chi connectivity index (χ3n) is 3.95. The van der Waals surface area contributed by atoms with Crippen molar-refractivity contribution in [1.29, 1.82) is 0 Å². The second kappa shape index (κ2) is 7.87. The van der Waals surface area contributed by atoms with E-state index in [1.807, 2.05) is 0 Å². The number of aliphatic hydroxyl groups is 7. The Bertz CT molecular complexity index is 388. The van der Waals surface area contributed by atoms with Crippen LogP contribution in [0.25, 0.3) is 0 Å². The number of halogens is 1. The minimum absolute atomic E-state index is 0.621. The van der Waals surface area contributed by atoms with Crippen LogP contribution in [0.15, 0.2) is 0 Å². The molecule has 2 rings (SSSR count). The van der Waals surface area contributed by atoms with Crippen LogP contribution in [-0.2, 0) is 9.47 Å². The van der Waals surface area contributed by atoms with Gasteiger partial charge < -0.3 is 45.2 Å². The fraction of sp³-hybridized carbons (Fsp3) is 1.00. The number of alkyl halides is 1. The lowest BCUT2D eigenvalue weighted by molar-refractivity contribution is -0.220. The summed E-state index contributed by atoms with van der Waals surface area (Å²) in [4.78, 5) is 0. The molecule has 0 aliphatic carbocycles. The van der Waals surface area contributed by atoms with Gasteiger partial charge in [0, 0.05) is 0 Å². The van der Waals surface area contributed by atoms with E-state index in [0.29, 0.717) is 11.8 Å². The molecule has 2 aliphatic heterocycles. The van der Waals surface area contributed by atoms with E-state index in [9.17, 15) is 35.0 Å². The molecule has 0 aromatic carbocycles. The number of thioether (sulfide) groups is 1. The zero-order chi connectivity index (χ0) is 17.3. The summed E-state index contributed by atoms with van der Waals surface area (Å²) >= 11 is 0.705. The van der Waals surface area contributed by atoms with Gasteiger partial charge in [0.15, 0.2) is 0 Å². The van der Waals surface area contributed by atoms with E-state index >= 15 is 0 Å². The van der Waals surface area contributed by atoms with Crippen molar-refractivity contribution >= 4 is 11.8 Å². The fourth-order valence-corrected chi connectivity index (χ4v) is 4.03. The quantitative estimate of drug-likeness (QED) is 0.266. The Hall–Kier alpha value is -0.0800. The number of ether oxygens (including phenoxy) is 2. The first-order valence-electron chi connectivity index (χ1n) is 7.04. The van der Waals surface area contributed by atoms with Crippen molar-refractivity contribution < 1.29 is 49.6 Å². The monoisotopic (exact) mass is 360 g/mol. The molecule has 0 saturated carbocycles. The largest absolute Gasteiger partial charge is 0.394 e. The smallest absolute Gasteiger partial charge is 0.228 e. The number of aliphatic hydroxyl groups excluding tert-OH is 7. The first-order valence-corrected chi connectivity index (χ1v) is 7.98. The van der Waals surface area contributed by atoms with Gasteiger partial charge in [-0.3, -0.25) is 0 Å². The second-order valence-electron chi connectivity index (χ2n) is 5.49. The molecule has 9 nitrogen and oxygen atoms in total. The third kappa shape index (κ3) is 3.79. The highest BCUT2D eigenvalue weighted by molar-refractivity contribution is 8.00. The Morgan fingerprint density at radius 2 is 1.35 bits per heavy atom. The first-order chi connectivity index (χ1) is 10.8. The molecule has 0 aromatic rings. The van der Waals surface area contributed by atoms with Crippen molar-refractivity contribution in [3.63, 3.8) is 0 Å². The van der Waals surface area contributed by atoms with Crippen LogP contribution < -0.4 is 0 Å². The molecule has 2 saturated heterocycles. The Balaban J connectivity index is 2.11. The summed E-state index contributed by atoms with van der Waals surface area (Å²) in [6.07, 6.45) is -12.7. The Labute approximate surface area is 135 Å². The van der Waals surface area contributed by atoms with Gasteiger partial charge in [0.1, 0.15) is 36.0 Å². The van der Waals surface area contributed by atoms with Crippen LogP contribution in [-0.4, -0.2) is 109 Å². The zero-order valence-electron chi connectivity index (χ0n) is 11.9. The molecule has 23 heavy (non-hydrogen) atoms. The van der Waals surface area contributed by atoms with Crippen LogP contribution in [0, 0.1) is 0 Å². The van der Waals surface area contributed by atoms with Gasteiger partial charge in [0.25, 0.3) is 0 Å². The van der Waals surface area contributed by atoms with Gasteiger partial charge >= 0.3 is 0 Å². The topological polar surface area (TPSA) is 160 Å². The molecule has 2 aliphatic rings. The maximum Gasteiger partial charge on any atom is 0.228 e. The molecule has 0 spiro atoms. The van der Waals surface area contributed by atoms with Gasteiger partial charge in [-0.1, -0.05) is 0 Å². The Kier molecular flexibility index (Phi) is 6.58. The number of hydrogen-bond donors (Lipinski definition) is 7. The van der Waals surface area contributed by atoms with Crippen LogP contribution in [0.3, 0.4) is 0 Å². The van der Waals surface area contributed by atoms with Crippen molar-refractivity contribution in [2.24, 2.45) is 0 Å². The Morgan fingerprint density at radius 3 is 1.91 bits per heavy atom. The van der Waals surface area contributed by atoms with Crippen molar-refractivity contribution in [3.05, 3.63) is 0 Å². The third-order valence-corrected chi connectivity index (χ3v) is 5.50. The van der Waals surface area contributed by atoms with Gasteiger partial charge in [-0.25, -0.2) is 4.39 Å². The van der Waals surface area contributed by atoms with E-state index in [4.69, 9.17) is 14.6 Å². The van der Waals surface area contributed by atoms with Crippen molar-refractivity contribution in [2.75, 3.05) is 13.2 Å². The molecular weight excluding hydrogens is 339 g/mol. The first kappa shape index (κ1) is 19.2. The summed E-state index contributed by atoms with van der Waals surface area (Å²) in [6.45, 7) is -1.27. The summed E-state index contributed by atoms with van der Waals surface area (Å²) in [5, 5.41) is 66.2. The predicted octanol–water partition coefficient (Wildman–Crippen LogP) is -3.70. The van der Waals surface area contributed by atoms with Crippen molar-refractivity contribution in [2.45, 2.75) is 59.8 Å². The summed E-state index contributed by atoms with van der Waals surface area (Å²) < 4.78 is 23.4. The lowest BCUT2D eigenvalue weighted by atomic mass is 10.0. The zero-order valence-corrected chi connectivity index (χ0v) is 12.7. The standard InChI is InChI=1S/C12H21FO9S/c13-11-8(19)7(18)10(4(2-15)21-11)23-12-9(20)6(17)5(16)3(1-14)22-12/h3-12,14-20H,1-2H2/t3?,4?,5-,6-,7+,8?,9?,10-,11+,12-/m0/s1. The van der Waals surface area contributed by atoms with E-state index in [2.05, 4.69) is 0 Å². The highest BCUT2D eigenvalue weighted by Gasteiger charge is 2.50. The maximum absolute atomic E-state index is 13.4. The molecule has 0 amide bonds. The molecule has 136 valence electrons. The van der Waals surface area contributed by atoms with E-state index in [-0.39, 0.29) is 0 Å². The normalized spacial score (nSPS) is 51.7. The minimum Gasteiger partial charge on any atom is -0.394 e. The highest BCUT2D eigenvalue weighted by atomic mass is 32.2. The van der Waals surface area contributed by atoms with Crippen LogP contribution in [0.5, 0.6) is 0 Å². The van der Waals surface area contributed by atoms with Crippen LogP contribution in [0.4, 0.5) is 4.39 Å². The molecule has 4 unspecified atom stereocenters. The van der Waals surface area contributed by atoms with Gasteiger partial charge in [0.2, 0.25) is 6.36 Å². The van der Waals surface area contributed by atoms with E-state index in [1.54, 1.807) is 0 Å². The molecule has 0 radical (unpaired) electrons. The van der Waals surface area contributed by atoms with E-state index < -0.39 is 73.0 Å². The van der Waals surface area contributed by atoms with Crippen LogP contribution in [0.2, 0.25) is 0 Å². The van der Waals surface area contributed by atoms with Crippen molar-refractivity contribution in [3.8, 4) is 0 Å². The molecule has 7 N–H and O–H groups in total. The summed E-state index contributed by atoms with van der Waals surface area (Å²) in [5.74, 6) is 0. The summed E-state index contributed by atoms with van der Waals surface area (Å²) in [6, 6.07) is 0. The summed E-state index contributed by atoms with van der Waals surface area (Å²) in [7, 11) is 0. The second-order valence-corrected chi connectivity index (χ2v) is 6.77.